The van der Waals surface area contributed by atoms with Gasteiger partial charge in [0.2, 0.25) is 0 Å². The van der Waals surface area contributed by atoms with E-state index in [0.717, 1.165) is 44.0 Å². The molecule has 0 aromatic heterocycles. The van der Waals surface area contributed by atoms with E-state index in [1.54, 1.807) is 12.1 Å². The minimum Gasteiger partial charge on any atom is -0.379 e. The molecule has 0 aliphatic carbocycles. The third-order valence-electron chi connectivity index (χ3n) is 4.42. The molecule has 1 heterocycles. The van der Waals surface area contributed by atoms with Gasteiger partial charge >= 0.3 is 6.03 Å². The molecule has 5 nitrogen and oxygen atoms in total. The first kappa shape index (κ1) is 18.4. The molecule has 2 amide bonds. The molecule has 1 aliphatic heterocycles. The van der Waals surface area contributed by atoms with Crippen molar-refractivity contribution in [3.05, 3.63) is 71.0 Å². The number of halogens is 1. The number of carbonyl (C=O) groups excluding carboxylic acids is 1. The van der Waals surface area contributed by atoms with Gasteiger partial charge in [-0.2, -0.15) is 0 Å². The number of hydrogen-bond donors (Lipinski definition) is 2. The molecular formula is C20H24FN3O2. The van der Waals surface area contributed by atoms with Gasteiger partial charge in [-0.1, -0.05) is 36.4 Å². The SMILES string of the molecule is O=C(NCc1ccc(F)cc1)NCc1ccccc1CN1CCOCC1. The van der Waals surface area contributed by atoms with Crippen LogP contribution in [0.15, 0.2) is 48.5 Å². The first-order valence-corrected chi connectivity index (χ1v) is 8.84. The normalized spacial score (nSPS) is 14.8. The summed E-state index contributed by atoms with van der Waals surface area (Å²) in [5, 5.41) is 5.68. The van der Waals surface area contributed by atoms with Crippen LogP contribution < -0.4 is 10.6 Å². The van der Waals surface area contributed by atoms with Crippen molar-refractivity contribution in [2.24, 2.45) is 0 Å². The van der Waals surface area contributed by atoms with Crippen LogP contribution in [-0.2, 0) is 24.4 Å². The summed E-state index contributed by atoms with van der Waals surface area (Å²) in [5.74, 6) is -0.282. The molecule has 138 valence electrons. The van der Waals surface area contributed by atoms with Gasteiger partial charge in [-0.15, -0.1) is 0 Å². The Bertz CT molecular complexity index is 715. The van der Waals surface area contributed by atoms with Crippen molar-refractivity contribution in [1.29, 1.82) is 0 Å². The zero-order chi connectivity index (χ0) is 18.2. The van der Waals surface area contributed by atoms with Crippen LogP contribution in [0.1, 0.15) is 16.7 Å². The highest BCUT2D eigenvalue weighted by Crippen LogP contribution is 2.13. The molecule has 1 saturated heterocycles. The van der Waals surface area contributed by atoms with Gasteiger partial charge in [-0.05, 0) is 28.8 Å². The number of morpholine rings is 1. The predicted octanol–water partition coefficient (Wildman–Crippen LogP) is 2.66. The summed E-state index contributed by atoms with van der Waals surface area (Å²) < 4.78 is 18.3. The number of urea groups is 1. The molecule has 26 heavy (non-hydrogen) atoms. The molecule has 0 radical (unpaired) electrons. The number of carbonyl (C=O) groups is 1. The van der Waals surface area contributed by atoms with E-state index < -0.39 is 0 Å². The average Bonchev–Trinajstić information content (AvgIpc) is 2.68. The molecule has 2 aromatic rings. The van der Waals surface area contributed by atoms with E-state index in [2.05, 4.69) is 21.6 Å². The zero-order valence-corrected chi connectivity index (χ0v) is 14.7. The minimum absolute atomic E-state index is 0.240. The molecule has 1 fully saturated rings. The molecular weight excluding hydrogens is 333 g/mol. The lowest BCUT2D eigenvalue weighted by Gasteiger charge is -2.27. The zero-order valence-electron chi connectivity index (χ0n) is 14.7. The quantitative estimate of drug-likeness (QED) is 0.836. The summed E-state index contributed by atoms with van der Waals surface area (Å²) in [7, 11) is 0. The van der Waals surface area contributed by atoms with Gasteiger partial charge in [0.15, 0.2) is 0 Å². The Labute approximate surface area is 153 Å². The second kappa shape index (κ2) is 9.31. The molecule has 0 unspecified atom stereocenters. The maximum atomic E-state index is 12.9. The van der Waals surface area contributed by atoms with Crippen LogP contribution >= 0.6 is 0 Å². The smallest absolute Gasteiger partial charge is 0.315 e. The predicted molar refractivity (Wildman–Crippen MR) is 98.0 cm³/mol. The first-order chi connectivity index (χ1) is 12.7. The highest BCUT2D eigenvalue weighted by atomic mass is 19.1. The van der Waals surface area contributed by atoms with Crippen LogP contribution in [0.3, 0.4) is 0 Å². The summed E-state index contributed by atoms with van der Waals surface area (Å²) in [6.07, 6.45) is 0. The molecule has 6 heteroatoms. The van der Waals surface area contributed by atoms with Crippen LogP contribution in [0.5, 0.6) is 0 Å². The van der Waals surface area contributed by atoms with E-state index in [4.69, 9.17) is 4.74 Å². The fourth-order valence-corrected chi connectivity index (χ4v) is 2.91. The number of hydrogen-bond acceptors (Lipinski definition) is 3. The Hall–Kier alpha value is -2.44. The lowest BCUT2D eigenvalue weighted by molar-refractivity contribution is 0.0341. The Kier molecular flexibility index (Phi) is 6.57. The topological polar surface area (TPSA) is 53.6 Å². The maximum absolute atomic E-state index is 12.9. The van der Waals surface area contributed by atoms with Gasteiger partial charge in [-0.25, -0.2) is 9.18 Å². The van der Waals surface area contributed by atoms with Crippen LogP contribution in [0.25, 0.3) is 0 Å². The molecule has 2 N–H and O–H groups in total. The van der Waals surface area contributed by atoms with Crippen molar-refractivity contribution in [1.82, 2.24) is 15.5 Å². The van der Waals surface area contributed by atoms with Crippen molar-refractivity contribution in [3.8, 4) is 0 Å². The van der Waals surface area contributed by atoms with Crippen molar-refractivity contribution < 1.29 is 13.9 Å². The largest absolute Gasteiger partial charge is 0.379 e. The molecule has 1 aliphatic rings. The van der Waals surface area contributed by atoms with Crippen molar-refractivity contribution in [3.63, 3.8) is 0 Å². The monoisotopic (exact) mass is 357 g/mol. The Morgan fingerprint density at radius 2 is 1.62 bits per heavy atom. The molecule has 2 aromatic carbocycles. The Morgan fingerprint density at radius 1 is 0.962 bits per heavy atom. The fraction of sp³-hybridized carbons (Fsp3) is 0.350. The summed E-state index contributed by atoms with van der Waals surface area (Å²) in [6.45, 7) is 5.09. The van der Waals surface area contributed by atoms with E-state index in [9.17, 15) is 9.18 Å². The highest BCUT2D eigenvalue weighted by Gasteiger charge is 2.13. The second-order valence-corrected chi connectivity index (χ2v) is 6.32. The van der Waals surface area contributed by atoms with Gasteiger partial charge < -0.3 is 15.4 Å². The van der Waals surface area contributed by atoms with Gasteiger partial charge in [0.25, 0.3) is 0 Å². The van der Waals surface area contributed by atoms with E-state index in [1.807, 2.05) is 18.2 Å². The van der Waals surface area contributed by atoms with E-state index in [0.29, 0.717) is 13.1 Å². The van der Waals surface area contributed by atoms with E-state index in [-0.39, 0.29) is 11.8 Å². The van der Waals surface area contributed by atoms with E-state index >= 15 is 0 Å². The van der Waals surface area contributed by atoms with Gasteiger partial charge in [0.05, 0.1) is 13.2 Å². The summed E-state index contributed by atoms with van der Waals surface area (Å²) in [5.41, 5.74) is 3.18. The third kappa shape index (κ3) is 5.54. The summed E-state index contributed by atoms with van der Waals surface area (Å²) in [4.78, 5) is 14.4. The lowest BCUT2D eigenvalue weighted by Crippen LogP contribution is -2.37. The van der Waals surface area contributed by atoms with Crippen LogP contribution in [0.4, 0.5) is 9.18 Å². The molecule has 0 bridgehead atoms. The van der Waals surface area contributed by atoms with Crippen LogP contribution in [0, 0.1) is 5.82 Å². The highest BCUT2D eigenvalue weighted by molar-refractivity contribution is 5.73. The average molecular weight is 357 g/mol. The fourth-order valence-electron chi connectivity index (χ4n) is 2.91. The van der Waals surface area contributed by atoms with Gasteiger partial charge in [-0.3, -0.25) is 4.90 Å². The molecule has 0 saturated carbocycles. The van der Waals surface area contributed by atoms with Crippen molar-refractivity contribution >= 4 is 6.03 Å². The first-order valence-electron chi connectivity index (χ1n) is 8.84. The molecule has 0 atom stereocenters. The van der Waals surface area contributed by atoms with E-state index in [1.165, 1.54) is 17.7 Å². The second-order valence-electron chi connectivity index (χ2n) is 6.32. The Morgan fingerprint density at radius 3 is 2.35 bits per heavy atom. The van der Waals surface area contributed by atoms with Gasteiger partial charge in [0.1, 0.15) is 5.82 Å². The lowest BCUT2D eigenvalue weighted by atomic mass is 10.1. The third-order valence-corrected chi connectivity index (χ3v) is 4.42. The summed E-state index contributed by atoms with van der Waals surface area (Å²) >= 11 is 0. The Balaban J connectivity index is 1.49. The molecule has 3 rings (SSSR count). The summed E-state index contributed by atoms with van der Waals surface area (Å²) in [6, 6.07) is 14.0. The molecule has 0 spiro atoms. The van der Waals surface area contributed by atoms with Crippen molar-refractivity contribution in [2.45, 2.75) is 19.6 Å². The van der Waals surface area contributed by atoms with Gasteiger partial charge in [0, 0.05) is 32.7 Å². The standard InChI is InChI=1S/C20H24FN3O2/c21-19-7-5-16(6-8-19)13-22-20(25)23-14-17-3-1-2-4-18(17)15-24-9-11-26-12-10-24/h1-8H,9-15H2,(H2,22,23,25). The van der Waals surface area contributed by atoms with Crippen LogP contribution in [-0.4, -0.2) is 37.2 Å². The number of rotatable bonds is 6. The van der Waals surface area contributed by atoms with Crippen LogP contribution in [0.2, 0.25) is 0 Å². The minimum atomic E-state index is -0.282. The number of nitrogens with one attached hydrogen (secondary N) is 2. The number of amides is 2. The number of benzene rings is 2. The number of nitrogens with zero attached hydrogens (tertiary/aromatic N) is 1. The maximum Gasteiger partial charge on any atom is 0.315 e. The number of ether oxygens (including phenoxy) is 1. The van der Waals surface area contributed by atoms with Crippen molar-refractivity contribution in [2.75, 3.05) is 26.3 Å².